The van der Waals surface area contributed by atoms with E-state index in [9.17, 15) is 28.2 Å². The number of carboxylic acid groups (broad SMARTS) is 1. The van der Waals surface area contributed by atoms with Crippen molar-refractivity contribution in [2.45, 2.75) is 43.1 Å². The van der Waals surface area contributed by atoms with Gasteiger partial charge in [0.2, 0.25) is 0 Å². The Balaban J connectivity index is 1.39. The quantitative estimate of drug-likeness (QED) is 0.198. The number of thioether (sulfide) groups is 1. The van der Waals surface area contributed by atoms with Gasteiger partial charge in [-0.2, -0.15) is 0 Å². The molecule has 1 aromatic heterocycles. The summed E-state index contributed by atoms with van der Waals surface area (Å²) in [6, 6.07) is 6.85. The van der Waals surface area contributed by atoms with E-state index in [4.69, 9.17) is 16.3 Å². The van der Waals surface area contributed by atoms with Crippen LogP contribution in [-0.4, -0.2) is 58.6 Å². The summed E-state index contributed by atoms with van der Waals surface area (Å²) in [5, 5.41) is 21.8. The van der Waals surface area contributed by atoms with Crippen molar-refractivity contribution >= 4 is 40.2 Å². The Hall–Kier alpha value is -2.53. The number of pyridine rings is 1. The lowest BCUT2D eigenvalue weighted by Gasteiger charge is -2.41. The lowest BCUT2D eigenvalue weighted by molar-refractivity contribution is -0.141. The van der Waals surface area contributed by atoms with Crippen molar-refractivity contribution in [3.05, 3.63) is 64.6 Å². The number of rotatable bonds is 11. The number of carboxylic acids is 1. The minimum absolute atomic E-state index is 0.0191. The predicted octanol–water partition coefficient (Wildman–Crippen LogP) is 6.48. The van der Waals surface area contributed by atoms with Crippen LogP contribution in [0.25, 0.3) is 10.9 Å². The van der Waals surface area contributed by atoms with Crippen molar-refractivity contribution in [1.82, 2.24) is 9.88 Å². The first-order valence-electron chi connectivity index (χ1n) is 12.6. The second-order valence-electron chi connectivity index (χ2n) is 9.92. The summed E-state index contributed by atoms with van der Waals surface area (Å²) in [6.45, 7) is 1.81. The van der Waals surface area contributed by atoms with E-state index in [0.717, 1.165) is 17.8 Å². The highest BCUT2D eigenvalue weighted by molar-refractivity contribution is 7.99. The average Bonchev–Trinajstić information content (AvgIpc) is 2.90. The number of carbonyl (C=O) groups is 1. The van der Waals surface area contributed by atoms with Gasteiger partial charge in [-0.1, -0.05) is 11.6 Å². The summed E-state index contributed by atoms with van der Waals surface area (Å²) in [5.74, 6) is -2.94. The smallest absolute Gasteiger partial charge is 0.303 e. The standard InChI is InChI=1S/C28H30ClF3N2O4S/c1-38-18-2-3-22-19(14-18)26(20(29)16-33-22)23(35)4-5-28(15-25(36)37)6-8-34(9-7-28)10-11-39-24-13-17(30)12-21(31)27(24)32/h2-3,12-14,16,23,35H,4-11,15H2,1H3,(H,36,37)/t23-/m1/s1. The van der Waals surface area contributed by atoms with Crippen LogP contribution < -0.4 is 4.74 Å². The molecule has 0 unspecified atom stereocenters. The summed E-state index contributed by atoms with van der Waals surface area (Å²) in [6.07, 6.45) is 2.59. The number of methoxy groups -OCH3 is 1. The van der Waals surface area contributed by atoms with E-state index < -0.39 is 34.9 Å². The SMILES string of the molecule is COc1ccc2ncc(Cl)c([C@H](O)CCC3(CC(=O)O)CCN(CCSc4cc(F)cc(F)c4F)CC3)c2c1. The van der Waals surface area contributed by atoms with Crippen LogP contribution in [-0.2, 0) is 4.79 Å². The van der Waals surface area contributed by atoms with Gasteiger partial charge in [0.1, 0.15) is 11.6 Å². The third-order valence-corrected chi connectivity index (χ3v) is 8.71. The number of aliphatic carboxylic acids is 1. The molecule has 1 aliphatic heterocycles. The molecule has 2 aromatic carbocycles. The number of hydrogen-bond donors (Lipinski definition) is 2. The topological polar surface area (TPSA) is 82.9 Å². The van der Waals surface area contributed by atoms with Crippen LogP contribution in [0.15, 0.2) is 41.4 Å². The summed E-state index contributed by atoms with van der Waals surface area (Å²) < 4.78 is 46.1. The fourth-order valence-electron chi connectivity index (χ4n) is 5.23. The van der Waals surface area contributed by atoms with Gasteiger partial charge >= 0.3 is 5.97 Å². The Kier molecular flexibility index (Phi) is 9.64. The van der Waals surface area contributed by atoms with E-state index in [-0.39, 0.29) is 11.3 Å². The molecule has 2 N–H and O–H groups in total. The normalized spacial score (nSPS) is 16.4. The molecule has 11 heteroatoms. The van der Waals surface area contributed by atoms with Crippen molar-refractivity contribution in [1.29, 1.82) is 0 Å². The van der Waals surface area contributed by atoms with E-state index in [2.05, 4.69) is 9.88 Å². The highest BCUT2D eigenvalue weighted by atomic mass is 35.5. The number of aliphatic hydroxyl groups is 1. The third-order valence-electron chi connectivity index (χ3n) is 7.42. The summed E-state index contributed by atoms with van der Waals surface area (Å²) in [7, 11) is 1.55. The molecule has 210 valence electrons. The van der Waals surface area contributed by atoms with Crippen molar-refractivity contribution in [3.63, 3.8) is 0 Å². The molecule has 0 amide bonds. The maximum Gasteiger partial charge on any atom is 0.303 e. The first-order valence-corrected chi connectivity index (χ1v) is 14.0. The van der Waals surface area contributed by atoms with Gasteiger partial charge in [0, 0.05) is 40.4 Å². The molecule has 6 nitrogen and oxygen atoms in total. The monoisotopic (exact) mass is 582 g/mol. The zero-order valence-electron chi connectivity index (χ0n) is 21.4. The Morgan fingerprint density at radius 1 is 1.23 bits per heavy atom. The van der Waals surface area contributed by atoms with Crippen molar-refractivity contribution in [2.75, 3.05) is 32.5 Å². The molecule has 4 rings (SSSR count). The number of benzene rings is 2. The highest BCUT2D eigenvalue weighted by Crippen LogP contribution is 2.43. The lowest BCUT2D eigenvalue weighted by atomic mass is 9.71. The van der Waals surface area contributed by atoms with Crippen LogP contribution in [0.1, 0.15) is 43.8 Å². The van der Waals surface area contributed by atoms with Gasteiger partial charge in [0.05, 0.1) is 30.2 Å². The Bertz CT molecular complexity index is 1340. The molecule has 1 aliphatic rings. The number of likely N-dealkylation sites (tertiary alicyclic amines) is 1. The number of ether oxygens (including phenoxy) is 1. The van der Waals surface area contributed by atoms with E-state index in [1.54, 1.807) is 25.3 Å². The number of aromatic nitrogens is 1. The number of halogens is 4. The van der Waals surface area contributed by atoms with Crippen LogP contribution in [0.3, 0.4) is 0 Å². The molecule has 0 saturated carbocycles. The van der Waals surface area contributed by atoms with Gasteiger partial charge in [0.25, 0.3) is 0 Å². The molecule has 1 atom stereocenters. The summed E-state index contributed by atoms with van der Waals surface area (Å²) in [4.78, 5) is 18.2. The maximum atomic E-state index is 13.9. The van der Waals surface area contributed by atoms with Crippen LogP contribution in [0, 0.1) is 22.9 Å². The van der Waals surface area contributed by atoms with Crippen LogP contribution in [0.2, 0.25) is 5.02 Å². The first kappa shape index (κ1) is 29.5. The van der Waals surface area contributed by atoms with Gasteiger partial charge in [-0.3, -0.25) is 9.78 Å². The third kappa shape index (κ3) is 7.16. The fourth-order valence-corrected chi connectivity index (χ4v) is 6.50. The van der Waals surface area contributed by atoms with Crippen LogP contribution in [0.5, 0.6) is 5.75 Å². The minimum Gasteiger partial charge on any atom is -0.497 e. The minimum atomic E-state index is -1.21. The van der Waals surface area contributed by atoms with Crippen LogP contribution >= 0.6 is 23.4 Å². The molecule has 3 aromatic rings. The second kappa shape index (κ2) is 12.8. The van der Waals surface area contributed by atoms with Crippen molar-refractivity contribution in [2.24, 2.45) is 5.41 Å². The number of piperidine rings is 1. The molecular formula is C28H30ClF3N2O4S. The maximum absolute atomic E-state index is 13.9. The molecule has 2 heterocycles. The molecule has 0 spiro atoms. The van der Waals surface area contributed by atoms with Crippen molar-refractivity contribution < 1.29 is 32.9 Å². The molecule has 1 saturated heterocycles. The summed E-state index contributed by atoms with van der Waals surface area (Å²) in [5.41, 5.74) is 0.712. The van der Waals surface area contributed by atoms with Gasteiger partial charge in [-0.25, -0.2) is 13.2 Å². The van der Waals surface area contributed by atoms with Gasteiger partial charge in [0.15, 0.2) is 11.6 Å². The molecule has 0 radical (unpaired) electrons. The fraction of sp³-hybridized carbons (Fsp3) is 0.429. The second-order valence-corrected chi connectivity index (χ2v) is 11.5. The zero-order valence-corrected chi connectivity index (χ0v) is 23.0. The zero-order chi connectivity index (χ0) is 28.2. The summed E-state index contributed by atoms with van der Waals surface area (Å²) >= 11 is 7.49. The van der Waals surface area contributed by atoms with Gasteiger partial charge in [-0.05, 0) is 68.5 Å². The highest BCUT2D eigenvalue weighted by Gasteiger charge is 2.37. The number of nitrogens with zero attached hydrogens (tertiary/aromatic N) is 2. The Labute approximate surface area is 234 Å². The Morgan fingerprint density at radius 3 is 2.67 bits per heavy atom. The molecule has 0 aliphatic carbocycles. The first-order chi connectivity index (χ1) is 18.6. The molecule has 1 fully saturated rings. The van der Waals surface area contributed by atoms with E-state index >= 15 is 0 Å². The molecule has 0 bridgehead atoms. The largest absolute Gasteiger partial charge is 0.497 e. The van der Waals surface area contributed by atoms with Gasteiger partial charge < -0.3 is 19.8 Å². The predicted molar refractivity (Wildman–Crippen MR) is 145 cm³/mol. The van der Waals surface area contributed by atoms with Gasteiger partial charge in [-0.15, -0.1) is 11.8 Å². The number of aliphatic hydroxyl groups excluding tert-OH is 1. The number of fused-ring (bicyclic) bond motifs is 1. The lowest BCUT2D eigenvalue weighted by Crippen LogP contribution is -2.42. The van der Waals surface area contributed by atoms with E-state index in [1.807, 2.05) is 0 Å². The average molecular weight is 583 g/mol. The Morgan fingerprint density at radius 2 is 1.97 bits per heavy atom. The van der Waals surface area contributed by atoms with E-state index in [0.29, 0.717) is 84.4 Å². The number of hydrogen-bond acceptors (Lipinski definition) is 6. The molecule has 39 heavy (non-hydrogen) atoms. The van der Waals surface area contributed by atoms with Crippen molar-refractivity contribution in [3.8, 4) is 5.75 Å². The van der Waals surface area contributed by atoms with Crippen LogP contribution in [0.4, 0.5) is 13.2 Å². The van der Waals surface area contributed by atoms with E-state index in [1.165, 1.54) is 6.20 Å². The molecular weight excluding hydrogens is 553 g/mol.